The zero-order valence-corrected chi connectivity index (χ0v) is 15.1. The molecule has 1 aromatic heterocycles. The van der Waals surface area contributed by atoms with Gasteiger partial charge in [-0.15, -0.1) is 0 Å². The van der Waals surface area contributed by atoms with Gasteiger partial charge in [-0.1, -0.05) is 25.1 Å². The molecule has 0 bridgehead atoms. The van der Waals surface area contributed by atoms with E-state index in [1.165, 1.54) is 5.56 Å². The maximum Gasteiger partial charge on any atom is 0.273 e. The quantitative estimate of drug-likeness (QED) is 0.860. The fraction of sp³-hybridized carbons (Fsp3) is 0.500. The molecule has 2 aliphatic rings. The predicted molar refractivity (Wildman–Crippen MR) is 95.2 cm³/mol. The van der Waals surface area contributed by atoms with Crippen LogP contribution in [-0.4, -0.2) is 28.9 Å². The molecular formula is C20H24N2O4. The van der Waals surface area contributed by atoms with E-state index in [1.54, 1.807) is 6.07 Å². The number of amides is 1. The number of aliphatic hydroxyl groups excluding tert-OH is 1. The molecule has 0 spiro atoms. The highest BCUT2D eigenvalue weighted by Crippen LogP contribution is 2.40. The lowest BCUT2D eigenvalue weighted by Crippen LogP contribution is -2.41. The first-order valence-corrected chi connectivity index (χ1v) is 9.22. The van der Waals surface area contributed by atoms with E-state index >= 15 is 0 Å². The largest absolute Gasteiger partial charge is 0.493 e. The third kappa shape index (κ3) is 3.21. The van der Waals surface area contributed by atoms with Gasteiger partial charge in [-0.3, -0.25) is 4.79 Å². The Morgan fingerprint density at radius 1 is 1.31 bits per heavy atom. The number of aromatic nitrogens is 1. The van der Waals surface area contributed by atoms with Crippen LogP contribution in [0.5, 0.6) is 5.75 Å². The molecule has 4 rings (SSSR count). The van der Waals surface area contributed by atoms with Crippen LogP contribution < -0.4 is 10.1 Å². The number of carbonyl (C=O) groups is 1. The molecule has 26 heavy (non-hydrogen) atoms. The topological polar surface area (TPSA) is 84.6 Å². The lowest BCUT2D eigenvalue weighted by molar-refractivity contribution is 0.0234. The predicted octanol–water partition coefficient (Wildman–Crippen LogP) is 2.97. The molecule has 1 atom stereocenters. The number of benzene rings is 1. The Morgan fingerprint density at radius 3 is 2.81 bits per heavy atom. The molecule has 6 heteroatoms. The minimum Gasteiger partial charge on any atom is -0.493 e. The highest BCUT2D eigenvalue weighted by Gasteiger charge is 2.36. The van der Waals surface area contributed by atoms with Gasteiger partial charge < -0.3 is 19.7 Å². The van der Waals surface area contributed by atoms with Crippen LogP contribution in [0.3, 0.4) is 0 Å². The molecule has 1 unspecified atom stereocenters. The fourth-order valence-corrected chi connectivity index (χ4v) is 3.66. The average Bonchev–Trinajstić information content (AvgIpc) is 3.25. The van der Waals surface area contributed by atoms with Crippen molar-refractivity contribution in [3.05, 3.63) is 46.8 Å². The molecule has 1 aliphatic heterocycles. The maximum absolute atomic E-state index is 12.7. The van der Waals surface area contributed by atoms with Crippen LogP contribution in [0.15, 0.2) is 28.8 Å². The first-order chi connectivity index (χ1) is 12.5. The van der Waals surface area contributed by atoms with Gasteiger partial charge in [0.2, 0.25) is 0 Å². The van der Waals surface area contributed by atoms with Crippen molar-refractivity contribution < 1.29 is 19.2 Å². The van der Waals surface area contributed by atoms with Crippen molar-refractivity contribution in [2.24, 2.45) is 5.92 Å². The van der Waals surface area contributed by atoms with Crippen molar-refractivity contribution in [1.82, 2.24) is 10.5 Å². The molecule has 2 heterocycles. The summed E-state index contributed by atoms with van der Waals surface area (Å²) in [6.07, 6.45) is 1.98. The summed E-state index contributed by atoms with van der Waals surface area (Å²) in [6, 6.07) is 7.63. The summed E-state index contributed by atoms with van der Waals surface area (Å²) in [4.78, 5) is 12.7. The Bertz CT molecular complexity index is 808. The van der Waals surface area contributed by atoms with Gasteiger partial charge >= 0.3 is 0 Å². The van der Waals surface area contributed by atoms with E-state index in [2.05, 4.69) is 16.5 Å². The van der Waals surface area contributed by atoms with Gasteiger partial charge in [0.1, 0.15) is 11.5 Å². The first kappa shape index (κ1) is 17.1. The molecule has 1 aromatic carbocycles. The number of rotatable bonds is 5. The second-order valence-electron chi connectivity index (χ2n) is 7.57. The molecule has 0 saturated heterocycles. The van der Waals surface area contributed by atoms with Crippen molar-refractivity contribution in [2.45, 2.75) is 51.2 Å². The Labute approximate surface area is 152 Å². The van der Waals surface area contributed by atoms with Gasteiger partial charge in [-0.05, 0) is 42.0 Å². The molecule has 138 valence electrons. The zero-order chi connectivity index (χ0) is 18.3. The first-order valence-electron chi connectivity index (χ1n) is 9.22. The fourth-order valence-electron chi connectivity index (χ4n) is 3.66. The second kappa shape index (κ2) is 6.76. The summed E-state index contributed by atoms with van der Waals surface area (Å²) >= 11 is 0. The van der Waals surface area contributed by atoms with Crippen LogP contribution in [0.2, 0.25) is 0 Å². The van der Waals surface area contributed by atoms with Gasteiger partial charge in [0.25, 0.3) is 5.91 Å². The number of nitrogens with zero attached hydrogens (tertiary/aromatic N) is 1. The molecule has 2 N–H and O–H groups in total. The van der Waals surface area contributed by atoms with Crippen LogP contribution >= 0.6 is 0 Å². The Balaban J connectivity index is 1.56. The molecular weight excluding hydrogens is 332 g/mol. The molecule has 0 radical (unpaired) electrons. The summed E-state index contributed by atoms with van der Waals surface area (Å²) < 4.78 is 10.8. The van der Waals surface area contributed by atoms with E-state index in [1.807, 2.05) is 26.0 Å². The van der Waals surface area contributed by atoms with Crippen molar-refractivity contribution in [3.63, 3.8) is 0 Å². The lowest BCUT2D eigenvalue weighted by atomic mass is 9.74. The second-order valence-corrected chi connectivity index (χ2v) is 7.57. The summed E-state index contributed by atoms with van der Waals surface area (Å²) in [5.74, 6) is 1.76. The number of hydrogen-bond donors (Lipinski definition) is 2. The Kier molecular flexibility index (Phi) is 4.44. The lowest BCUT2D eigenvalue weighted by Gasteiger charge is -2.38. The van der Waals surface area contributed by atoms with E-state index in [-0.39, 0.29) is 29.9 Å². The van der Waals surface area contributed by atoms with Gasteiger partial charge in [0.15, 0.2) is 5.69 Å². The number of hydrogen-bond acceptors (Lipinski definition) is 5. The van der Waals surface area contributed by atoms with E-state index in [0.717, 1.165) is 17.7 Å². The highest BCUT2D eigenvalue weighted by molar-refractivity contribution is 5.92. The Hall–Kier alpha value is -2.34. The van der Waals surface area contributed by atoms with Crippen LogP contribution in [0.1, 0.15) is 66.0 Å². The number of fused-ring (bicyclic) bond motifs is 1. The van der Waals surface area contributed by atoms with E-state index in [9.17, 15) is 9.90 Å². The molecule has 1 fully saturated rings. The van der Waals surface area contributed by atoms with Crippen LogP contribution in [0.25, 0.3) is 0 Å². The summed E-state index contributed by atoms with van der Waals surface area (Å²) in [7, 11) is 0. The normalized spacial score (nSPS) is 22.5. The molecule has 2 aromatic rings. The molecule has 1 saturated carbocycles. The van der Waals surface area contributed by atoms with Crippen LogP contribution in [0.4, 0.5) is 0 Å². The van der Waals surface area contributed by atoms with Gasteiger partial charge in [0, 0.05) is 18.4 Å². The van der Waals surface area contributed by atoms with Crippen molar-refractivity contribution >= 4 is 5.91 Å². The maximum atomic E-state index is 12.7. The van der Waals surface area contributed by atoms with Crippen molar-refractivity contribution in [2.75, 3.05) is 6.61 Å². The van der Waals surface area contributed by atoms with Gasteiger partial charge in [0.05, 0.1) is 18.8 Å². The Morgan fingerprint density at radius 2 is 2.12 bits per heavy atom. The minimum atomic E-state index is -0.281. The zero-order valence-electron chi connectivity index (χ0n) is 15.1. The van der Waals surface area contributed by atoms with E-state index in [4.69, 9.17) is 9.26 Å². The highest BCUT2D eigenvalue weighted by atomic mass is 16.5. The summed E-state index contributed by atoms with van der Waals surface area (Å²) in [6.45, 7) is 4.69. The number of nitrogens with one attached hydrogen (secondary N) is 1. The molecule has 1 amide bonds. The van der Waals surface area contributed by atoms with E-state index < -0.39 is 0 Å². The van der Waals surface area contributed by atoms with Crippen LogP contribution in [-0.2, 0) is 6.42 Å². The summed E-state index contributed by atoms with van der Waals surface area (Å²) in [5.41, 5.74) is 2.51. The summed E-state index contributed by atoms with van der Waals surface area (Å²) in [5, 5.41) is 16.7. The SMILES string of the molecule is CC(C)c1cc(C(=O)NC(c2ccc3c(c2)CCO3)C2CC(O)C2)no1. The number of ether oxygens (including phenoxy) is 1. The van der Waals surface area contributed by atoms with E-state index in [0.29, 0.717) is 30.9 Å². The monoisotopic (exact) mass is 356 g/mol. The number of carbonyl (C=O) groups excluding carboxylic acids is 1. The molecule has 6 nitrogen and oxygen atoms in total. The molecule has 1 aliphatic carbocycles. The van der Waals surface area contributed by atoms with Gasteiger partial charge in [-0.2, -0.15) is 0 Å². The smallest absolute Gasteiger partial charge is 0.273 e. The van der Waals surface area contributed by atoms with Crippen molar-refractivity contribution in [3.8, 4) is 5.75 Å². The van der Waals surface area contributed by atoms with Crippen LogP contribution in [0, 0.1) is 5.92 Å². The average molecular weight is 356 g/mol. The third-order valence-corrected chi connectivity index (χ3v) is 5.31. The van der Waals surface area contributed by atoms with Crippen molar-refractivity contribution in [1.29, 1.82) is 0 Å². The standard InChI is InChI=1S/C20H24N2O4/c1-11(2)18-10-16(22-26-18)20(24)21-19(14-8-15(23)9-14)13-3-4-17-12(7-13)5-6-25-17/h3-4,7,10-11,14-15,19,23H,5-6,8-9H2,1-2H3,(H,21,24). The minimum absolute atomic E-state index is 0.156. The van der Waals surface area contributed by atoms with Gasteiger partial charge in [-0.25, -0.2) is 0 Å². The third-order valence-electron chi connectivity index (χ3n) is 5.31. The number of aliphatic hydroxyl groups is 1.